The van der Waals surface area contributed by atoms with Crippen LogP contribution in [0.4, 0.5) is 0 Å². The lowest BCUT2D eigenvalue weighted by molar-refractivity contribution is -0.142. The van der Waals surface area contributed by atoms with Crippen LogP contribution < -0.4 is 10.1 Å². The highest BCUT2D eigenvalue weighted by Crippen LogP contribution is 2.25. The molecule has 1 amide bonds. The first-order valence-electron chi connectivity index (χ1n) is 10.9. The van der Waals surface area contributed by atoms with Gasteiger partial charge in [0.05, 0.1) is 12.0 Å². The van der Waals surface area contributed by atoms with E-state index in [0.717, 1.165) is 17.1 Å². The molecule has 10 heteroatoms. The summed E-state index contributed by atoms with van der Waals surface area (Å²) < 4.78 is 32.9. The Bertz CT molecular complexity index is 864. The second kappa shape index (κ2) is 11.6. The van der Waals surface area contributed by atoms with Gasteiger partial charge >= 0.3 is 5.97 Å². The molecule has 1 atom stereocenters. The lowest BCUT2D eigenvalue weighted by atomic mass is 10.0. The van der Waals surface area contributed by atoms with Crippen molar-refractivity contribution in [3.63, 3.8) is 0 Å². The number of carbonyl (C=O) groups excluding carboxylic acids is 1. The number of sulfonamides is 1. The number of carbonyl (C=O) groups is 2. The van der Waals surface area contributed by atoms with Gasteiger partial charge in [-0.3, -0.25) is 9.59 Å². The van der Waals surface area contributed by atoms with Crippen molar-refractivity contribution in [1.82, 2.24) is 14.5 Å². The Morgan fingerprint density at radius 2 is 1.81 bits per heavy atom. The number of nitrogens with zero attached hydrogens (tertiary/aromatic N) is 2. The Hall–Kier alpha value is -2.17. The number of methoxy groups -OCH3 is 1. The first-order valence-corrected chi connectivity index (χ1v) is 12.4. The van der Waals surface area contributed by atoms with E-state index in [4.69, 9.17) is 4.74 Å². The first kappa shape index (κ1) is 26.1. The van der Waals surface area contributed by atoms with Crippen molar-refractivity contribution in [1.29, 1.82) is 0 Å². The molecular weight excluding hydrogens is 434 g/mol. The third kappa shape index (κ3) is 6.66. The van der Waals surface area contributed by atoms with Crippen LogP contribution in [0.2, 0.25) is 0 Å². The molecule has 1 fully saturated rings. The number of ether oxygens (including phenoxy) is 1. The van der Waals surface area contributed by atoms with Crippen LogP contribution in [0.15, 0.2) is 29.2 Å². The summed E-state index contributed by atoms with van der Waals surface area (Å²) in [6.07, 6.45) is 1.75. The van der Waals surface area contributed by atoms with Crippen molar-refractivity contribution in [2.24, 2.45) is 5.92 Å². The maximum atomic E-state index is 13.4. The Morgan fingerprint density at radius 3 is 2.28 bits per heavy atom. The van der Waals surface area contributed by atoms with Gasteiger partial charge in [-0.25, -0.2) is 8.42 Å². The Kier molecular flexibility index (Phi) is 9.47. The zero-order chi connectivity index (χ0) is 23.9. The quantitative estimate of drug-likeness (QED) is 0.507. The van der Waals surface area contributed by atoms with Crippen LogP contribution in [-0.4, -0.2) is 80.5 Å². The number of rotatable bonds is 11. The second-order valence-electron chi connectivity index (χ2n) is 8.47. The molecule has 0 spiro atoms. The third-order valence-electron chi connectivity index (χ3n) is 5.80. The third-order valence-corrected chi connectivity index (χ3v) is 7.72. The van der Waals surface area contributed by atoms with Crippen LogP contribution in [-0.2, 0) is 19.6 Å². The summed E-state index contributed by atoms with van der Waals surface area (Å²) in [5, 5.41) is 13.0. The number of carboxylic acids is 1. The minimum atomic E-state index is -4.14. The van der Waals surface area contributed by atoms with E-state index in [-0.39, 0.29) is 36.1 Å². The zero-order valence-electron chi connectivity index (χ0n) is 19.3. The SMILES string of the molecule is CNC1CCN(C(=O)CCN(C(CC(C)C)C(=O)O)S(=O)(=O)c2ccc(OC)cc2)CC1. The highest BCUT2D eigenvalue weighted by atomic mass is 32.2. The molecule has 1 heterocycles. The molecule has 0 bridgehead atoms. The van der Waals surface area contributed by atoms with Gasteiger partial charge in [0.15, 0.2) is 0 Å². The number of benzene rings is 1. The molecule has 0 saturated carbocycles. The molecule has 32 heavy (non-hydrogen) atoms. The number of aliphatic carboxylic acids is 1. The molecule has 1 saturated heterocycles. The van der Waals surface area contributed by atoms with Gasteiger partial charge in [0, 0.05) is 32.1 Å². The summed E-state index contributed by atoms with van der Waals surface area (Å²) in [6.45, 7) is 4.69. The summed E-state index contributed by atoms with van der Waals surface area (Å²) in [6, 6.07) is 4.92. The molecule has 9 nitrogen and oxygen atoms in total. The van der Waals surface area contributed by atoms with E-state index >= 15 is 0 Å². The van der Waals surface area contributed by atoms with Gasteiger partial charge in [-0.2, -0.15) is 4.31 Å². The molecule has 2 N–H and O–H groups in total. The molecular formula is C22H35N3O6S. The molecule has 0 aliphatic carbocycles. The fourth-order valence-corrected chi connectivity index (χ4v) is 5.49. The first-order chi connectivity index (χ1) is 15.1. The maximum absolute atomic E-state index is 13.4. The average Bonchev–Trinajstić information content (AvgIpc) is 2.77. The number of piperidine rings is 1. The van der Waals surface area contributed by atoms with Crippen molar-refractivity contribution in [2.45, 2.75) is 56.5 Å². The standard InChI is InChI=1S/C22H35N3O6S/c1-16(2)15-20(22(27)28)25(32(29,30)19-7-5-18(31-4)6-8-19)14-11-21(26)24-12-9-17(23-3)10-13-24/h5-8,16-17,20,23H,9-15H2,1-4H3,(H,27,28). The summed E-state index contributed by atoms with van der Waals surface area (Å²) in [4.78, 5) is 26.5. The Labute approximate surface area is 190 Å². The topological polar surface area (TPSA) is 116 Å². The van der Waals surface area contributed by atoms with Crippen LogP contribution in [0.3, 0.4) is 0 Å². The monoisotopic (exact) mass is 469 g/mol. The fourth-order valence-electron chi connectivity index (χ4n) is 3.90. The molecule has 1 aliphatic rings. The number of amides is 1. The Morgan fingerprint density at radius 1 is 1.22 bits per heavy atom. The van der Waals surface area contributed by atoms with E-state index in [2.05, 4.69) is 5.32 Å². The number of nitrogens with one attached hydrogen (secondary N) is 1. The molecule has 1 aromatic carbocycles. The molecule has 180 valence electrons. The molecule has 0 aromatic heterocycles. The minimum absolute atomic E-state index is 0.0319. The number of hydrogen-bond donors (Lipinski definition) is 2. The van der Waals surface area contributed by atoms with Gasteiger partial charge in [0.2, 0.25) is 15.9 Å². The maximum Gasteiger partial charge on any atom is 0.322 e. The van der Waals surface area contributed by atoms with Crippen LogP contribution >= 0.6 is 0 Å². The van der Waals surface area contributed by atoms with Gasteiger partial charge in [-0.05, 0) is 56.5 Å². The molecule has 1 aliphatic heterocycles. The second-order valence-corrected chi connectivity index (χ2v) is 10.4. The Balaban J connectivity index is 2.25. The molecule has 2 rings (SSSR count). The largest absolute Gasteiger partial charge is 0.497 e. The van der Waals surface area contributed by atoms with E-state index in [1.54, 1.807) is 4.90 Å². The van der Waals surface area contributed by atoms with Gasteiger partial charge in [-0.1, -0.05) is 13.8 Å². The number of carboxylic acid groups (broad SMARTS) is 1. The van der Waals surface area contributed by atoms with Crippen molar-refractivity contribution in [3.8, 4) is 5.75 Å². The van der Waals surface area contributed by atoms with Crippen LogP contribution in [0.1, 0.15) is 39.5 Å². The minimum Gasteiger partial charge on any atom is -0.497 e. The predicted octanol–water partition coefficient (Wildman–Crippen LogP) is 1.79. The number of likely N-dealkylation sites (tertiary alicyclic amines) is 1. The van der Waals surface area contributed by atoms with Gasteiger partial charge in [0.25, 0.3) is 0 Å². The van der Waals surface area contributed by atoms with Crippen molar-refractivity contribution in [3.05, 3.63) is 24.3 Å². The smallest absolute Gasteiger partial charge is 0.322 e. The van der Waals surface area contributed by atoms with Crippen molar-refractivity contribution < 1.29 is 27.9 Å². The fraction of sp³-hybridized carbons (Fsp3) is 0.636. The number of hydrogen-bond acceptors (Lipinski definition) is 6. The van der Waals surface area contributed by atoms with E-state index in [1.165, 1.54) is 31.4 Å². The van der Waals surface area contributed by atoms with Crippen LogP contribution in [0.25, 0.3) is 0 Å². The molecule has 1 aromatic rings. The molecule has 1 unspecified atom stereocenters. The van der Waals surface area contributed by atoms with E-state index < -0.39 is 22.0 Å². The van der Waals surface area contributed by atoms with Crippen LogP contribution in [0, 0.1) is 5.92 Å². The van der Waals surface area contributed by atoms with Crippen molar-refractivity contribution in [2.75, 3.05) is 33.8 Å². The summed E-state index contributed by atoms with van der Waals surface area (Å²) in [7, 11) is -0.769. The summed E-state index contributed by atoms with van der Waals surface area (Å²) >= 11 is 0. The van der Waals surface area contributed by atoms with Gasteiger partial charge in [-0.15, -0.1) is 0 Å². The zero-order valence-corrected chi connectivity index (χ0v) is 20.1. The van der Waals surface area contributed by atoms with Crippen molar-refractivity contribution >= 4 is 21.9 Å². The summed E-state index contributed by atoms with van der Waals surface area (Å²) in [5.74, 6) is -0.935. The molecule has 0 radical (unpaired) electrons. The highest BCUT2D eigenvalue weighted by Gasteiger charge is 2.37. The van der Waals surface area contributed by atoms with E-state index in [9.17, 15) is 23.1 Å². The van der Waals surface area contributed by atoms with Gasteiger partial charge < -0.3 is 20.1 Å². The lowest BCUT2D eigenvalue weighted by Gasteiger charge is -2.33. The van der Waals surface area contributed by atoms with E-state index in [1.807, 2.05) is 20.9 Å². The lowest BCUT2D eigenvalue weighted by Crippen LogP contribution is -2.48. The predicted molar refractivity (Wildman–Crippen MR) is 121 cm³/mol. The van der Waals surface area contributed by atoms with E-state index in [0.29, 0.717) is 24.9 Å². The van der Waals surface area contributed by atoms with Crippen LogP contribution in [0.5, 0.6) is 5.75 Å². The highest BCUT2D eigenvalue weighted by molar-refractivity contribution is 7.89. The van der Waals surface area contributed by atoms with Gasteiger partial charge in [0.1, 0.15) is 11.8 Å². The normalized spacial score (nSPS) is 16.4. The average molecular weight is 470 g/mol. The summed E-state index contributed by atoms with van der Waals surface area (Å²) in [5.41, 5.74) is 0.